The van der Waals surface area contributed by atoms with Crippen molar-refractivity contribution in [2.75, 3.05) is 43.2 Å². The summed E-state index contributed by atoms with van der Waals surface area (Å²) in [5, 5.41) is 25.2. The molecule has 0 aromatic heterocycles. The summed E-state index contributed by atoms with van der Waals surface area (Å²) in [6.45, 7) is 3.92. The van der Waals surface area contributed by atoms with Crippen LogP contribution in [0, 0.1) is 5.92 Å². The number of rotatable bonds is 9. The van der Waals surface area contributed by atoms with Gasteiger partial charge in [0, 0.05) is 43.2 Å². The molecule has 0 spiro atoms. The molecule has 3 aliphatic heterocycles. The van der Waals surface area contributed by atoms with Crippen LogP contribution in [-0.2, 0) is 39.5 Å². The Morgan fingerprint density at radius 2 is 1.87 bits per heavy atom. The van der Waals surface area contributed by atoms with Gasteiger partial charge in [-0.3, -0.25) is 14.4 Å². The Morgan fingerprint density at radius 3 is 2.59 bits per heavy atom. The molecule has 0 bridgehead atoms. The van der Waals surface area contributed by atoms with Gasteiger partial charge in [-0.05, 0) is 53.4 Å². The van der Waals surface area contributed by atoms with Crippen molar-refractivity contribution in [3.05, 3.63) is 101 Å². The highest BCUT2D eigenvalue weighted by Crippen LogP contribution is 2.47. The molecule has 10 nitrogen and oxygen atoms in total. The van der Waals surface area contributed by atoms with Gasteiger partial charge < -0.3 is 35.0 Å². The number of hydrogen-bond donors (Lipinski definition) is 3. The summed E-state index contributed by atoms with van der Waals surface area (Å²) in [6, 6.07) is 20.4. The molecule has 0 saturated carbocycles. The number of hydrogen-bond acceptors (Lipinski definition) is 7. The van der Waals surface area contributed by atoms with E-state index in [0.29, 0.717) is 43.1 Å². The van der Waals surface area contributed by atoms with Gasteiger partial charge >= 0.3 is 0 Å². The van der Waals surface area contributed by atoms with Crippen molar-refractivity contribution < 1.29 is 29.3 Å². The molecule has 1 fully saturated rings. The van der Waals surface area contributed by atoms with E-state index in [1.165, 1.54) is 7.11 Å². The van der Waals surface area contributed by atoms with Crippen LogP contribution < -0.4 is 19.9 Å². The van der Waals surface area contributed by atoms with Gasteiger partial charge in [0.2, 0.25) is 11.8 Å². The molecule has 3 aliphatic rings. The van der Waals surface area contributed by atoms with Gasteiger partial charge in [-0.15, -0.1) is 0 Å². The third-order valence-electron chi connectivity index (χ3n) is 9.42. The van der Waals surface area contributed by atoms with Crippen molar-refractivity contribution in [2.24, 2.45) is 5.92 Å². The minimum Gasteiger partial charge on any atom is -0.497 e. The smallest absolute Gasteiger partial charge is 0.264 e. The number of aliphatic hydroxyl groups is 2. The molecule has 0 aliphatic carbocycles. The average Bonchev–Trinajstić information content (AvgIpc) is 3.30. The minimum absolute atomic E-state index is 0.0138. The Balaban J connectivity index is 1.19. The van der Waals surface area contributed by atoms with E-state index in [0.717, 1.165) is 28.9 Å². The zero-order valence-corrected chi connectivity index (χ0v) is 26.2. The Bertz CT molecular complexity index is 1660. The second kappa shape index (κ2) is 13.1. The number of nitrogens with one attached hydrogen (secondary N) is 1. The molecular formula is C36H40N4O6. The number of anilines is 2. The van der Waals surface area contributed by atoms with E-state index < -0.39 is 17.4 Å². The number of piperazine rings is 1. The van der Waals surface area contributed by atoms with E-state index in [9.17, 15) is 24.6 Å². The lowest BCUT2D eigenvalue weighted by molar-refractivity contribution is -0.139. The lowest BCUT2D eigenvalue weighted by atomic mass is 9.82. The predicted molar refractivity (Wildman–Crippen MR) is 174 cm³/mol. The van der Waals surface area contributed by atoms with Crippen molar-refractivity contribution in [3.8, 4) is 5.75 Å². The SMILES string of the molecule is COc1ccc2c(c1)[C@](O)([C@@H](C)/C=C/CC(=O)N1Cc3ccccc3C[C@H]1CO)C(=O)N2Cc1ccc(N2CCNCC2=O)cc1. The molecule has 240 valence electrons. The maximum Gasteiger partial charge on any atom is 0.264 e. The van der Waals surface area contributed by atoms with E-state index in [-0.39, 0.29) is 37.4 Å². The monoisotopic (exact) mass is 624 g/mol. The van der Waals surface area contributed by atoms with E-state index in [4.69, 9.17) is 4.74 Å². The van der Waals surface area contributed by atoms with Gasteiger partial charge in [-0.25, -0.2) is 0 Å². The number of ether oxygens (including phenoxy) is 1. The quantitative estimate of drug-likeness (QED) is 0.313. The summed E-state index contributed by atoms with van der Waals surface area (Å²) in [6.07, 6.45) is 4.08. The van der Waals surface area contributed by atoms with Gasteiger partial charge in [0.05, 0.1) is 38.5 Å². The minimum atomic E-state index is -1.88. The third kappa shape index (κ3) is 5.79. The molecule has 0 radical (unpaired) electrons. The largest absolute Gasteiger partial charge is 0.497 e. The molecule has 46 heavy (non-hydrogen) atoms. The number of fused-ring (bicyclic) bond motifs is 2. The lowest BCUT2D eigenvalue weighted by Crippen LogP contribution is -2.48. The van der Waals surface area contributed by atoms with Gasteiger partial charge in [0.15, 0.2) is 5.60 Å². The van der Waals surface area contributed by atoms with E-state index in [2.05, 4.69) is 5.32 Å². The molecule has 6 rings (SSSR count). The fourth-order valence-electron chi connectivity index (χ4n) is 6.73. The van der Waals surface area contributed by atoms with E-state index >= 15 is 0 Å². The lowest BCUT2D eigenvalue weighted by Gasteiger charge is -2.36. The van der Waals surface area contributed by atoms with Crippen LogP contribution in [0.2, 0.25) is 0 Å². The predicted octanol–water partition coefficient (Wildman–Crippen LogP) is 2.89. The Labute approximate surface area is 268 Å². The summed E-state index contributed by atoms with van der Waals surface area (Å²) >= 11 is 0. The summed E-state index contributed by atoms with van der Waals surface area (Å²) < 4.78 is 5.44. The first kappa shape index (κ1) is 31.5. The molecule has 3 amide bonds. The standard InChI is InChI=1S/C36H40N4O6/c1-24(6-5-9-33(42)39-22-27-8-4-3-7-26(27)18-29(39)23-41)36(45)31-19-30(46-2)14-15-32(31)40(35(36)44)21-25-10-12-28(13-11-25)38-17-16-37-20-34(38)43/h3-8,10-15,19,24,29,37,41,45H,9,16-18,20-23H2,1-2H3/b6-5+/t24-,29-,36+/m0/s1. The van der Waals surface area contributed by atoms with Crippen LogP contribution in [0.1, 0.15) is 35.6 Å². The Morgan fingerprint density at radius 1 is 1.11 bits per heavy atom. The summed E-state index contributed by atoms with van der Waals surface area (Å²) in [5.41, 5.74) is 3.01. The first-order valence-electron chi connectivity index (χ1n) is 15.7. The molecular weight excluding hydrogens is 584 g/mol. The first-order valence-corrected chi connectivity index (χ1v) is 15.7. The average molecular weight is 625 g/mol. The number of carbonyl (C=O) groups is 3. The number of carbonyl (C=O) groups excluding carboxylic acids is 3. The van der Waals surface area contributed by atoms with Gasteiger partial charge in [-0.2, -0.15) is 0 Å². The van der Waals surface area contributed by atoms with Crippen molar-refractivity contribution in [1.82, 2.24) is 10.2 Å². The first-order chi connectivity index (χ1) is 22.2. The van der Waals surface area contributed by atoms with Crippen LogP contribution in [0.3, 0.4) is 0 Å². The number of methoxy groups -OCH3 is 1. The number of amides is 3. The van der Waals surface area contributed by atoms with E-state index in [1.807, 2.05) is 48.5 Å². The van der Waals surface area contributed by atoms with Crippen molar-refractivity contribution in [2.45, 2.75) is 44.5 Å². The molecule has 0 unspecified atom stereocenters. The fraction of sp³-hybridized carbons (Fsp3) is 0.361. The molecule has 3 heterocycles. The number of benzene rings is 3. The molecule has 3 aromatic carbocycles. The van der Waals surface area contributed by atoms with Crippen LogP contribution in [-0.4, -0.2) is 72.2 Å². The maximum absolute atomic E-state index is 14.1. The highest BCUT2D eigenvalue weighted by Gasteiger charge is 2.52. The maximum atomic E-state index is 14.1. The van der Waals surface area contributed by atoms with Gasteiger partial charge in [-0.1, -0.05) is 55.5 Å². The summed E-state index contributed by atoms with van der Waals surface area (Å²) in [7, 11) is 1.54. The zero-order valence-electron chi connectivity index (χ0n) is 26.2. The van der Waals surface area contributed by atoms with Crippen LogP contribution >= 0.6 is 0 Å². The van der Waals surface area contributed by atoms with Crippen molar-refractivity contribution in [3.63, 3.8) is 0 Å². The van der Waals surface area contributed by atoms with E-state index in [1.54, 1.807) is 52.0 Å². The molecule has 10 heteroatoms. The number of aliphatic hydroxyl groups excluding tert-OH is 1. The van der Waals surface area contributed by atoms with Crippen LogP contribution in [0.25, 0.3) is 0 Å². The van der Waals surface area contributed by atoms with Crippen LogP contribution in [0.15, 0.2) is 78.9 Å². The summed E-state index contributed by atoms with van der Waals surface area (Å²) in [5.74, 6) is -0.728. The zero-order chi connectivity index (χ0) is 32.4. The highest BCUT2D eigenvalue weighted by molar-refractivity contribution is 6.07. The Hall–Kier alpha value is -4.51. The Kier molecular flexibility index (Phi) is 8.95. The van der Waals surface area contributed by atoms with Crippen LogP contribution in [0.5, 0.6) is 5.75 Å². The second-order valence-electron chi connectivity index (χ2n) is 12.2. The normalized spacial score (nSPS) is 21.8. The highest BCUT2D eigenvalue weighted by atomic mass is 16.5. The summed E-state index contributed by atoms with van der Waals surface area (Å²) in [4.78, 5) is 44.7. The fourth-order valence-corrected chi connectivity index (χ4v) is 6.73. The van der Waals surface area contributed by atoms with Crippen LogP contribution in [0.4, 0.5) is 11.4 Å². The molecule has 3 atom stereocenters. The topological polar surface area (TPSA) is 123 Å². The van der Waals surface area contributed by atoms with Crippen molar-refractivity contribution in [1.29, 1.82) is 0 Å². The molecule has 3 N–H and O–H groups in total. The third-order valence-corrected chi connectivity index (χ3v) is 9.42. The molecule has 3 aromatic rings. The van der Waals surface area contributed by atoms with Crippen molar-refractivity contribution >= 4 is 29.1 Å². The molecule has 1 saturated heterocycles. The van der Waals surface area contributed by atoms with Gasteiger partial charge in [0.1, 0.15) is 5.75 Å². The number of nitrogens with zero attached hydrogens (tertiary/aromatic N) is 3. The van der Waals surface area contributed by atoms with Gasteiger partial charge in [0.25, 0.3) is 5.91 Å². The second-order valence-corrected chi connectivity index (χ2v) is 12.2.